The normalized spacial score (nSPS) is 15.0. The second kappa shape index (κ2) is 7.64. The number of carboxylic acids is 1. The van der Waals surface area contributed by atoms with Gasteiger partial charge in [-0.3, -0.25) is 4.79 Å². The number of hydrogen-bond donors (Lipinski definition) is 4. The van der Waals surface area contributed by atoms with E-state index in [1.54, 1.807) is 19.1 Å². The van der Waals surface area contributed by atoms with E-state index in [1.807, 2.05) is 6.92 Å². The van der Waals surface area contributed by atoms with Gasteiger partial charge in [0.2, 0.25) is 5.91 Å². The molecule has 0 bridgehead atoms. The van der Waals surface area contributed by atoms with Gasteiger partial charge in [0, 0.05) is 0 Å². The number of aromatic hydroxyl groups is 1. The SMILES string of the molecule is CCC(C)C(NC(=O)[C@H](N)Cc1ccc(O)cc1)C(=O)O. The number of amides is 1. The smallest absolute Gasteiger partial charge is 0.326 e. The number of rotatable bonds is 7. The maximum absolute atomic E-state index is 12.0. The molecule has 1 rings (SSSR count). The van der Waals surface area contributed by atoms with Crippen molar-refractivity contribution in [3.63, 3.8) is 0 Å². The molecule has 3 atom stereocenters. The van der Waals surface area contributed by atoms with Gasteiger partial charge in [-0.15, -0.1) is 0 Å². The third-order valence-electron chi connectivity index (χ3n) is 3.51. The Balaban J connectivity index is 2.64. The van der Waals surface area contributed by atoms with Crippen LogP contribution < -0.4 is 11.1 Å². The molecule has 5 N–H and O–H groups in total. The van der Waals surface area contributed by atoms with Crippen LogP contribution in [0.5, 0.6) is 5.75 Å². The van der Waals surface area contributed by atoms with Crippen molar-refractivity contribution in [3.8, 4) is 5.75 Å². The molecule has 0 radical (unpaired) electrons. The third-order valence-corrected chi connectivity index (χ3v) is 3.51. The molecule has 0 aliphatic rings. The molecule has 1 aromatic carbocycles. The van der Waals surface area contributed by atoms with E-state index in [0.717, 1.165) is 5.56 Å². The number of phenols is 1. The highest BCUT2D eigenvalue weighted by Crippen LogP contribution is 2.12. The van der Waals surface area contributed by atoms with Gasteiger partial charge in [-0.2, -0.15) is 0 Å². The predicted molar refractivity (Wildman–Crippen MR) is 78.8 cm³/mol. The van der Waals surface area contributed by atoms with Crippen LogP contribution in [0.3, 0.4) is 0 Å². The number of carboxylic acid groups (broad SMARTS) is 1. The second-order valence-electron chi connectivity index (χ2n) is 5.19. The van der Waals surface area contributed by atoms with E-state index < -0.39 is 24.0 Å². The van der Waals surface area contributed by atoms with Crippen LogP contribution in [-0.4, -0.2) is 34.2 Å². The Morgan fingerprint density at radius 1 is 1.29 bits per heavy atom. The predicted octanol–water partition coefficient (Wildman–Crippen LogP) is 0.877. The fraction of sp³-hybridized carbons (Fsp3) is 0.467. The second-order valence-corrected chi connectivity index (χ2v) is 5.19. The van der Waals surface area contributed by atoms with E-state index in [9.17, 15) is 14.7 Å². The van der Waals surface area contributed by atoms with Gasteiger partial charge in [0.15, 0.2) is 0 Å². The molecular weight excluding hydrogens is 272 g/mol. The van der Waals surface area contributed by atoms with E-state index in [0.29, 0.717) is 6.42 Å². The zero-order chi connectivity index (χ0) is 16.0. The Labute approximate surface area is 124 Å². The van der Waals surface area contributed by atoms with Crippen LogP contribution in [0.2, 0.25) is 0 Å². The lowest BCUT2D eigenvalue weighted by Gasteiger charge is -2.22. The molecule has 0 aliphatic heterocycles. The van der Waals surface area contributed by atoms with Gasteiger partial charge in [-0.25, -0.2) is 4.79 Å². The standard InChI is InChI=1S/C15H22N2O4/c1-3-9(2)13(15(20)21)17-14(19)12(16)8-10-4-6-11(18)7-5-10/h4-7,9,12-13,18H,3,8,16H2,1-2H3,(H,17,19)(H,20,21)/t9?,12-,13?/m1/s1. The molecule has 0 aliphatic carbocycles. The molecule has 0 aromatic heterocycles. The fourth-order valence-electron chi connectivity index (χ4n) is 1.92. The summed E-state index contributed by atoms with van der Waals surface area (Å²) in [6.45, 7) is 3.63. The minimum absolute atomic E-state index is 0.138. The zero-order valence-corrected chi connectivity index (χ0v) is 12.2. The molecule has 21 heavy (non-hydrogen) atoms. The first kappa shape index (κ1) is 17.0. The summed E-state index contributed by atoms with van der Waals surface area (Å²) in [5, 5.41) is 20.8. The van der Waals surface area contributed by atoms with Crippen molar-refractivity contribution >= 4 is 11.9 Å². The van der Waals surface area contributed by atoms with Crippen molar-refractivity contribution < 1.29 is 19.8 Å². The quantitative estimate of drug-likeness (QED) is 0.596. The first-order chi connectivity index (χ1) is 9.85. The number of hydrogen-bond acceptors (Lipinski definition) is 4. The van der Waals surface area contributed by atoms with Crippen molar-refractivity contribution in [1.29, 1.82) is 0 Å². The highest BCUT2D eigenvalue weighted by molar-refractivity contribution is 5.87. The van der Waals surface area contributed by atoms with Crippen LogP contribution in [-0.2, 0) is 16.0 Å². The molecule has 0 spiro atoms. The summed E-state index contributed by atoms with van der Waals surface area (Å²) in [4.78, 5) is 23.2. The molecule has 1 aromatic rings. The van der Waals surface area contributed by atoms with Crippen LogP contribution >= 0.6 is 0 Å². The Kier molecular flexibility index (Phi) is 6.17. The lowest BCUT2D eigenvalue weighted by atomic mass is 9.98. The van der Waals surface area contributed by atoms with E-state index >= 15 is 0 Å². The van der Waals surface area contributed by atoms with Crippen LogP contribution in [0.1, 0.15) is 25.8 Å². The molecule has 0 saturated carbocycles. The highest BCUT2D eigenvalue weighted by Gasteiger charge is 2.27. The van der Waals surface area contributed by atoms with E-state index in [2.05, 4.69) is 5.32 Å². The van der Waals surface area contributed by atoms with Gasteiger partial charge in [0.1, 0.15) is 11.8 Å². The maximum atomic E-state index is 12.0. The summed E-state index contributed by atoms with van der Waals surface area (Å²) in [6, 6.07) is 4.60. The first-order valence-corrected chi connectivity index (χ1v) is 6.91. The van der Waals surface area contributed by atoms with Crippen LogP contribution in [0.15, 0.2) is 24.3 Å². The minimum atomic E-state index is -1.06. The van der Waals surface area contributed by atoms with Crippen molar-refractivity contribution in [3.05, 3.63) is 29.8 Å². The average Bonchev–Trinajstić information content (AvgIpc) is 2.45. The van der Waals surface area contributed by atoms with Crippen molar-refractivity contribution in [2.24, 2.45) is 11.7 Å². The number of benzene rings is 1. The molecule has 2 unspecified atom stereocenters. The maximum Gasteiger partial charge on any atom is 0.326 e. The molecule has 1 amide bonds. The first-order valence-electron chi connectivity index (χ1n) is 6.91. The van der Waals surface area contributed by atoms with Gasteiger partial charge in [0.25, 0.3) is 0 Å². The summed E-state index contributed by atoms with van der Waals surface area (Å²) in [7, 11) is 0. The zero-order valence-electron chi connectivity index (χ0n) is 12.2. The molecule has 0 heterocycles. The third kappa shape index (κ3) is 5.07. The van der Waals surface area contributed by atoms with Gasteiger partial charge in [-0.1, -0.05) is 32.4 Å². The number of aliphatic carboxylic acids is 1. The Morgan fingerprint density at radius 3 is 2.33 bits per heavy atom. The highest BCUT2D eigenvalue weighted by atomic mass is 16.4. The Morgan fingerprint density at radius 2 is 1.86 bits per heavy atom. The molecule has 0 saturated heterocycles. The largest absolute Gasteiger partial charge is 0.508 e. The fourth-order valence-corrected chi connectivity index (χ4v) is 1.92. The topological polar surface area (TPSA) is 113 Å². The Hall–Kier alpha value is -2.08. The van der Waals surface area contributed by atoms with Gasteiger partial charge in [0.05, 0.1) is 6.04 Å². The number of phenolic OH excluding ortho intramolecular Hbond substituents is 1. The number of carbonyl (C=O) groups is 2. The van der Waals surface area contributed by atoms with Gasteiger partial charge >= 0.3 is 5.97 Å². The summed E-state index contributed by atoms with van der Waals surface area (Å²) in [5.74, 6) is -1.59. The van der Waals surface area contributed by atoms with E-state index in [4.69, 9.17) is 10.8 Å². The van der Waals surface area contributed by atoms with Gasteiger partial charge in [-0.05, 0) is 30.0 Å². The van der Waals surface area contributed by atoms with Crippen molar-refractivity contribution in [1.82, 2.24) is 5.32 Å². The minimum Gasteiger partial charge on any atom is -0.508 e. The van der Waals surface area contributed by atoms with Crippen LogP contribution in [0.25, 0.3) is 0 Å². The number of carbonyl (C=O) groups excluding carboxylic acids is 1. The lowest BCUT2D eigenvalue weighted by molar-refractivity contribution is -0.143. The molecule has 6 heteroatoms. The van der Waals surface area contributed by atoms with Crippen molar-refractivity contribution in [2.75, 3.05) is 0 Å². The summed E-state index contributed by atoms with van der Waals surface area (Å²) >= 11 is 0. The van der Waals surface area contributed by atoms with Crippen LogP contribution in [0, 0.1) is 5.92 Å². The molecular formula is C15H22N2O4. The summed E-state index contributed by atoms with van der Waals surface area (Å²) < 4.78 is 0. The van der Waals surface area contributed by atoms with Crippen molar-refractivity contribution in [2.45, 2.75) is 38.8 Å². The lowest BCUT2D eigenvalue weighted by Crippen LogP contribution is -2.51. The number of nitrogens with one attached hydrogen (secondary N) is 1. The van der Waals surface area contributed by atoms with E-state index in [-0.39, 0.29) is 18.1 Å². The van der Waals surface area contributed by atoms with E-state index in [1.165, 1.54) is 12.1 Å². The monoisotopic (exact) mass is 294 g/mol. The average molecular weight is 294 g/mol. The molecule has 0 fully saturated rings. The molecule has 6 nitrogen and oxygen atoms in total. The number of nitrogens with two attached hydrogens (primary N) is 1. The summed E-state index contributed by atoms with van der Waals surface area (Å²) in [5.41, 5.74) is 6.61. The van der Waals surface area contributed by atoms with Crippen LogP contribution in [0.4, 0.5) is 0 Å². The summed E-state index contributed by atoms with van der Waals surface area (Å²) in [6.07, 6.45) is 0.920. The molecule has 116 valence electrons. The van der Waals surface area contributed by atoms with Gasteiger partial charge < -0.3 is 21.3 Å². The Bertz CT molecular complexity index is 487.